The molecule has 0 heterocycles. The Labute approximate surface area is 119 Å². The number of hydrogen-bond donors (Lipinski definition) is 2. The molecule has 0 fully saturated rings. The number of carbonyl (C=O) groups is 1. The van der Waals surface area contributed by atoms with Gasteiger partial charge in [-0.05, 0) is 27.2 Å². The molecule has 0 aromatic heterocycles. The van der Waals surface area contributed by atoms with Crippen molar-refractivity contribution in [2.75, 3.05) is 0 Å². The highest BCUT2D eigenvalue weighted by molar-refractivity contribution is 5.72. The van der Waals surface area contributed by atoms with Crippen LogP contribution >= 0.6 is 0 Å². The molecule has 0 amide bonds. The van der Waals surface area contributed by atoms with E-state index in [2.05, 4.69) is 6.92 Å². The van der Waals surface area contributed by atoms with Crippen molar-refractivity contribution in [1.29, 1.82) is 0 Å². The number of ether oxygens (including phenoxy) is 1. The predicted octanol–water partition coefficient (Wildman–Crippen LogP) is 5.04. The molecule has 0 spiro atoms. The molecule has 0 aliphatic rings. The largest absolute Gasteiger partial charge is 0.460 e. The van der Waals surface area contributed by atoms with E-state index < -0.39 is 0 Å². The van der Waals surface area contributed by atoms with Crippen molar-refractivity contribution in [3.8, 4) is 0 Å². The summed E-state index contributed by atoms with van der Waals surface area (Å²) in [5.74, 6) is -0.00791. The van der Waals surface area contributed by atoms with Gasteiger partial charge in [0.1, 0.15) is 5.60 Å². The van der Waals surface area contributed by atoms with Gasteiger partial charge in [-0.2, -0.15) is 0 Å². The molecule has 0 aliphatic heterocycles. The summed E-state index contributed by atoms with van der Waals surface area (Å²) in [6.45, 7) is 9.96. The van der Waals surface area contributed by atoms with Gasteiger partial charge in [-0.3, -0.25) is 4.79 Å². The molecule has 0 aromatic rings. The summed E-state index contributed by atoms with van der Waals surface area (Å²) in [6, 6.07) is 0. The molecule has 6 N–H and O–H groups in total. The van der Waals surface area contributed by atoms with Gasteiger partial charge in [0.25, 0.3) is 0 Å². The van der Waals surface area contributed by atoms with E-state index in [0.717, 1.165) is 12.8 Å². The molecule has 0 radical (unpaired) electrons. The molecule has 118 valence electrons. The smallest absolute Gasteiger partial charge is 0.309 e. The first kappa shape index (κ1) is 23.5. The molecule has 0 saturated heterocycles. The van der Waals surface area contributed by atoms with Crippen LogP contribution in [0.4, 0.5) is 0 Å². The van der Waals surface area contributed by atoms with E-state index in [0.29, 0.717) is 0 Å². The van der Waals surface area contributed by atoms with Gasteiger partial charge in [-0.15, -0.1) is 0 Å². The SMILES string of the molecule is CCCCCCCCC(C)C(=O)OC(C)(C)C.N.N. The predicted molar refractivity (Wildman–Crippen MR) is 83.0 cm³/mol. The van der Waals surface area contributed by atoms with Gasteiger partial charge < -0.3 is 17.0 Å². The van der Waals surface area contributed by atoms with Crippen molar-refractivity contribution in [2.24, 2.45) is 5.92 Å². The van der Waals surface area contributed by atoms with E-state index in [1.165, 1.54) is 32.1 Å². The minimum Gasteiger partial charge on any atom is -0.460 e. The van der Waals surface area contributed by atoms with Gasteiger partial charge in [0.15, 0.2) is 0 Å². The lowest BCUT2D eigenvalue weighted by atomic mass is 10.0. The molecule has 0 saturated carbocycles. The lowest BCUT2D eigenvalue weighted by Gasteiger charge is -2.22. The molecule has 4 heteroatoms. The average Bonchev–Trinajstić information content (AvgIpc) is 2.20. The summed E-state index contributed by atoms with van der Waals surface area (Å²) in [5, 5.41) is 0. The highest BCUT2D eigenvalue weighted by atomic mass is 16.6. The Bertz CT molecular complexity index is 213. The molecular weight excluding hydrogens is 240 g/mol. The van der Waals surface area contributed by atoms with Crippen LogP contribution in [0.3, 0.4) is 0 Å². The van der Waals surface area contributed by atoms with E-state index in [1.54, 1.807) is 0 Å². The number of hydrogen-bond acceptors (Lipinski definition) is 4. The van der Waals surface area contributed by atoms with Crippen LogP contribution in [-0.2, 0) is 9.53 Å². The van der Waals surface area contributed by atoms with Crippen LogP contribution < -0.4 is 12.3 Å². The van der Waals surface area contributed by atoms with Gasteiger partial charge in [-0.1, -0.05) is 52.4 Å². The second-order valence-electron chi connectivity index (χ2n) is 5.99. The second kappa shape index (κ2) is 12.4. The Morgan fingerprint density at radius 2 is 1.47 bits per heavy atom. The molecule has 1 unspecified atom stereocenters. The second-order valence-corrected chi connectivity index (χ2v) is 5.99. The fraction of sp³-hybridized carbons (Fsp3) is 0.933. The average molecular weight is 276 g/mol. The first-order valence-corrected chi connectivity index (χ1v) is 7.09. The van der Waals surface area contributed by atoms with Crippen LogP contribution in [-0.4, -0.2) is 11.6 Å². The Balaban J connectivity index is -0.00000128. The van der Waals surface area contributed by atoms with E-state index in [1.807, 2.05) is 27.7 Å². The first-order chi connectivity index (χ1) is 7.87. The lowest BCUT2D eigenvalue weighted by molar-refractivity contribution is -0.159. The summed E-state index contributed by atoms with van der Waals surface area (Å²) in [5.41, 5.74) is -0.355. The van der Waals surface area contributed by atoms with Gasteiger partial charge in [0, 0.05) is 0 Å². The molecule has 4 nitrogen and oxygen atoms in total. The lowest BCUT2D eigenvalue weighted by Crippen LogP contribution is -2.27. The van der Waals surface area contributed by atoms with Crippen LogP contribution in [0.5, 0.6) is 0 Å². The standard InChI is InChI=1S/C15H30O2.2H3N/c1-6-7-8-9-10-11-12-13(2)14(16)17-15(3,4)5;;/h13H,6-12H2,1-5H3;2*1H3. The number of esters is 1. The third-order valence-corrected chi connectivity index (χ3v) is 2.80. The quantitative estimate of drug-likeness (QED) is 0.479. The normalized spacial score (nSPS) is 12.1. The fourth-order valence-electron chi connectivity index (χ4n) is 1.75. The van der Waals surface area contributed by atoms with Gasteiger partial charge in [-0.25, -0.2) is 0 Å². The van der Waals surface area contributed by atoms with Crippen LogP contribution in [0.1, 0.15) is 79.6 Å². The Morgan fingerprint density at radius 3 is 1.95 bits per heavy atom. The topological polar surface area (TPSA) is 96.3 Å². The van der Waals surface area contributed by atoms with Crippen LogP contribution in [0.15, 0.2) is 0 Å². The van der Waals surface area contributed by atoms with Crippen molar-refractivity contribution in [3.63, 3.8) is 0 Å². The van der Waals surface area contributed by atoms with Crippen LogP contribution in [0, 0.1) is 5.92 Å². The molecule has 0 aromatic carbocycles. The van der Waals surface area contributed by atoms with Crippen LogP contribution in [0.2, 0.25) is 0 Å². The highest BCUT2D eigenvalue weighted by Gasteiger charge is 2.20. The zero-order chi connectivity index (χ0) is 13.3. The first-order valence-electron chi connectivity index (χ1n) is 7.09. The van der Waals surface area contributed by atoms with E-state index in [9.17, 15) is 4.79 Å². The minimum absolute atomic E-state index is 0. The van der Waals surface area contributed by atoms with Crippen molar-refractivity contribution in [1.82, 2.24) is 12.3 Å². The van der Waals surface area contributed by atoms with Crippen molar-refractivity contribution in [2.45, 2.75) is 85.2 Å². The van der Waals surface area contributed by atoms with Crippen molar-refractivity contribution >= 4 is 5.97 Å². The summed E-state index contributed by atoms with van der Waals surface area (Å²) < 4.78 is 5.36. The summed E-state index contributed by atoms with van der Waals surface area (Å²) >= 11 is 0. The Hall–Kier alpha value is -0.610. The molecule has 19 heavy (non-hydrogen) atoms. The number of unbranched alkanes of at least 4 members (excludes halogenated alkanes) is 5. The Morgan fingerprint density at radius 1 is 1.00 bits per heavy atom. The summed E-state index contributed by atoms with van der Waals surface area (Å²) in [6.07, 6.45) is 8.60. The van der Waals surface area contributed by atoms with Crippen molar-refractivity contribution < 1.29 is 9.53 Å². The molecular formula is C15H36N2O2. The molecule has 1 atom stereocenters. The summed E-state index contributed by atoms with van der Waals surface area (Å²) in [7, 11) is 0. The van der Waals surface area contributed by atoms with Crippen molar-refractivity contribution in [3.05, 3.63) is 0 Å². The monoisotopic (exact) mass is 276 g/mol. The maximum absolute atomic E-state index is 11.7. The van der Waals surface area contributed by atoms with E-state index in [4.69, 9.17) is 4.74 Å². The minimum atomic E-state index is -0.355. The number of carbonyl (C=O) groups excluding carboxylic acids is 1. The van der Waals surface area contributed by atoms with Crippen LogP contribution in [0.25, 0.3) is 0 Å². The Kier molecular flexibility index (Phi) is 15.4. The third-order valence-electron chi connectivity index (χ3n) is 2.80. The third kappa shape index (κ3) is 15.3. The number of rotatable bonds is 8. The summed E-state index contributed by atoms with van der Waals surface area (Å²) in [4.78, 5) is 11.7. The molecule has 0 aliphatic carbocycles. The van der Waals surface area contributed by atoms with Gasteiger partial charge in [0.05, 0.1) is 5.92 Å². The zero-order valence-corrected chi connectivity index (χ0v) is 13.8. The highest BCUT2D eigenvalue weighted by Crippen LogP contribution is 2.16. The molecule has 0 rings (SSSR count). The fourth-order valence-corrected chi connectivity index (χ4v) is 1.75. The molecule has 0 bridgehead atoms. The van der Waals surface area contributed by atoms with E-state index >= 15 is 0 Å². The zero-order valence-electron chi connectivity index (χ0n) is 13.8. The maximum Gasteiger partial charge on any atom is 0.309 e. The van der Waals surface area contributed by atoms with E-state index in [-0.39, 0.29) is 29.8 Å². The maximum atomic E-state index is 11.7. The van der Waals surface area contributed by atoms with Gasteiger partial charge in [0.2, 0.25) is 0 Å². The van der Waals surface area contributed by atoms with Gasteiger partial charge >= 0.3 is 5.97 Å².